The van der Waals surface area contributed by atoms with Crippen LogP contribution in [-0.4, -0.2) is 37.5 Å². The number of hydrogen-bond acceptors (Lipinski definition) is 3. The zero-order valence-corrected chi connectivity index (χ0v) is 7.05. The van der Waals surface area contributed by atoms with E-state index in [9.17, 15) is 5.11 Å². The first kappa shape index (κ1) is 10.6. The Kier molecular flexibility index (Phi) is 7.46. The van der Waals surface area contributed by atoms with Crippen LogP contribution >= 0.6 is 0 Å². The molecular formula is C8H17NO2. The van der Waals surface area contributed by atoms with Crippen molar-refractivity contribution in [2.45, 2.75) is 13.0 Å². The third-order valence-corrected chi connectivity index (χ3v) is 1.18. The van der Waals surface area contributed by atoms with E-state index in [1.165, 1.54) is 0 Å². The van der Waals surface area contributed by atoms with Crippen molar-refractivity contribution < 1.29 is 9.84 Å². The lowest BCUT2D eigenvalue weighted by atomic mass is 10.4. The average molecular weight is 159 g/mol. The quantitative estimate of drug-likeness (QED) is 0.411. The average Bonchev–Trinajstić information content (AvgIpc) is 2.01. The van der Waals surface area contributed by atoms with Gasteiger partial charge in [0.05, 0.1) is 12.7 Å². The van der Waals surface area contributed by atoms with E-state index < -0.39 is 6.10 Å². The van der Waals surface area contributed by atoms with Crippen molar-refractivity contribution in [2.24, 2.45) is 0 Å². The van der Waals surface area contributed by atoms with Crippen molar-refractivity contribution in [1.29, 1.82) is 0 Å². The van der Waals surface area contributed by atoms with E-state index in [1.54, 1.807) is 6.08 Å². The highest BCUT2D eigenvalue weighted by atomic mass is 16.5. The molecule has 0 spiro atoms. The summed E-state index contributed by atoms with van der Waals surface area (Å²) in [5.74, 6) is 0. The predicted octanol–water partition coefficient (Wildman–Crippen LogP) is 0.159. The number of rotatable bonds is 7. The van der Waals surface area contributed by atoms with Crippen molar-refractivity contribution in [3.63, 3.8) is 0 Å². The molecule has 0 aromatic heterocycles. The minimum atomic E-state index is -0.408. The minimum Gasteiger partial charge on any atom is -0.389 e. The van der Waals surface area contributed by atoms with Gasteiger partial charge in [0.25, 0.3) is 0 Å². The number of ether oxygens (including phenoxy) is 1. The molecule has 0 bridgehead atoms. The van der Waals surface area contributed by atoms with Gasteiger partial charge in [0.2, 0.25) is 0 Å². The van der Waals surface area contributed by atoms with Gasteiger partial charge in [-0.1, -0.05) is 6.08 Å². The van der Waals surface area contributed by atoms with E-state index in [0.29, 0.717) is 19.8 Å². The molecular weight excluding hydrogens is 142 g/mol. The Hall–Kier alpha value is -0.380. The maximum absolute atomic E-state index is 9.19. The maximum Gasteiger partial charge on any atom is 0.0897 e. The number of aliphatic hydroxyl groups is 1. The van der Waals surface area contributed by atoms with Crippen molar-refractivity contribution in [2.75, 3.05) is 26.3 Å². The summed E-state index contributed by atoms with van der Waals surface area (Å²) in [6, 6.07) is 0. The fourth-order valence-electron chi connectivity index (χ4n) is 0.665. The van der Waals surface area contributed by atoms with E-state index in [0.717, 1.165) is 6.54 Å². The largest absolute Gasteiger partial charge is 0.389 e. The molecule has 3 heteroatoms. The molecule has 0 amide bonds. The van der Waals surface area contributed by atoms with E-state index >= 15 is 0 Å². The van der Waals surface area contributed by atoms with Crippen LogP contribution < -0.4 is 5.32 Å². The number of aliphatic hydroxyl groups excluding tert-OH is 1. The van der Waals surface area contributed by atoms with Crippen LogP contribution in [0.3, 0.4) is 0 Å². The third-order valence-electron chi connectivity index (χ3n) is 1.18. The first-order valence-electron chi connectivity index (χ1n) is 3.88. The van der Waals surface area contributed by atoms with Gasteiger partial charge in [-0.05, 0) is 6.92 Å². The lowest BCUT2D eigenvalue weighted by Gasteiger charge is -2.09. The molecule has 0 rings (SSSR count). The Morgan fingerprint density at radius 3 is 3.00 bits per heavy atom. The zero-order valence-electron chi connectivity index (χ0n) is 7.05. The molecule has 0 radical (unpaired) electrons. The molecule has 0 fully saturated rings. The fourth-order valence-corrected chi connectivity index (χ4v) is 0.665. The van der Waals surface area contributed by atoms with Crippen molar-refractivity contribution in [1.82, 2.24) is 5.32 Å². The molecule has 1 unspecified atom stereocenters. The topological polar surface area (TPSA) is 41.5 Å². The summed E-state index contributed by atoms with van der Waals surface area (Å²) in [7, 11) is 0. The van der Waals surface area contributed by atoms with Gasteiger partial charge in [0, 0.05) is 19.7 Å². The highest BCUT2D eigenvalue weighted by Crippen LogP contribution is 1.82. The molecule has 0 aliphatic heterocycles. The molecule has 2 N–H and O–H groups in total. The second-order valence-corrected chi connectivity index (χ2v) is 2.26. The molecule has 11 heavy (non-hydrogen) atoms. The van der Waals surface area contributed by atoms with Crippen molar-refractivity contribution in [3.8, 4) is 0 Å². The monoisotopic (exact) mass is 159 g/mol. The van der Waals surface area contributed by atoms with E-state index in [-0.39, 0.29) is 0 Å². The lowest BCUT2D eigenvalue weighted by Crippen LogP contribution is -2.30. The van der Waals surface area contributed by atoms with Gasteiger partial charge in [-0.3, -0.25) is 0 Å². The second-order valence-electron chi connectivity index (χ2n) is 2.26. The van der Waals surface area contributed by atoms with Crippen LogP contribution in [0.4, 0.5) is 0 Å². The highest BCUT2D eigenvalue weighted by Gasteiger charge is 2.00. The Morgan fingerprint density at radius 2 is 2.45 bits per heavy atom. The summed E-state index contributed by atoms with van der Waals surface area (Å²) in [5.41, 5.74) is 0. The fraction of sp³-hybridized carbons (Fsp3) is 0.750. The summed E-state index contributed by atoms with van der Waals surface area (Å²) in [6.45, 7) is 7.79. The van der Waals surface area contributed by atoms with Gasteiger partial charge in [-0.25, -0.2) is 0 Å². The Balaban J connectivity index is 3.08. The predicted molar refractivity (Wildman–Crippen MR) is 45.6 cm³/mol. The van der Waals surface area contributed by atoms with Gasteiger partial charge >= 0.3 is 0 Å². The summed E-state index contributed by atoms with van der Waals surface area (Å²) >= 11 is 0. The normalized spacial score (nSPS) is 12.9. The molecule has 0 saturated carbocycles. The Bertz CT molecular complexity index is 96.1. The summed E-state index contributed by atoms with van der Waals surface area (Å²) in [5, 5.41) is 12.2. The van der Waals surface area contributed by atoms with E-state index in [2.05, 4.69) is 11.9 Å². The molecule has 0 aromatic carbocycles. The second kappa shape index (κ2) is 7.72. The minimum absolute atomic E-state index is 0.403. The van der Waals surface area contributed by atoms with Crippen LogP contribution in [0.15, 0.2) is 12.7 Å². The molecule has 0 aliphatic rings. The van der Waals surface area contributed by atoms with Gasteiger partial charge < -0.3 is 15.2 Å². The SMILES string of the molecule is C=CCNCC(O)COCC. The summed E-state index contributed by atoms with van der Waals surface area (Å²) in [6.07, 6.45) is 1.35. The number of nitrogens with one attached hydrogen (secondary N) is 1. The third kappa shape index (κ3) is 7.52. The Labute approximate surface area is 68.1 Å². The summed E-state index contributed by atoms with van der Waals surface area (Å²) < 4.78 is 5.01. The number of hydrogen-bond donors (Lipinski definition) is 2. The standard InChI is InChI=1S/C8H17NO2/c1-3-5-9-6-8(10)7-11-4-2/h3,8-10H,1,4-7H2,2H3. The molecule has 66 valence electrons. The highest BCUT2D eigenvalue weighted by molar-refractivity contribution is 4.70. The van der Waals surface area contributed by atoms with Gasteiger partial charge in [-0.2, -0.15) is 0 Å². The van der Waals surface area contributed by atoms with Crippen LogP contribution in [0.25, 0.3) is 0 Å². The molecule has 3 nitrogen and oxygen atoms in total. The van der Waals surface area contributed by atoms with Gasteiger partial charge in [-0.15, -0.1) is 6.58 Å². The van der Waals surface area contributed by atoms with Gasteiger partial charge in [0.1, 0.15) is 0 Å². The van der Waals surface area contributed by atoms with Crippen LogP contribution in [0, 0.1) is 0 Å². The molecule has 0 aliphatic carbocycles. The molecule has 1 atom stereocenters. The Morgan fingerprint density at radius 1 is 1.73 bits per heavy atom. The van der Waals surface area contributed by atoms with Gasteiger partial charge in [0.15, 0.2) is 0 Å². The van der Waals surface area contributed by atoms with Crippen molar-refractivity contribution >= 4 is 0 Å². The maximum atomic E-state index is 9.19. The zero-order chi connectivity index (χ0) is 8.53. The summed E-state index contributed by atoms with van der Waals surface area (Å²) in [4.78, 5) is 0. The smallest absolute Gasteiger partial charge is 0.0897 e. The molecule has 0 aromatic rings. The molecule has 0 heterocycles. The van der Waals surface area contributed by atoms with Crippen LogP contribution in [-0.2, 0) is 4.74 Å². The molecule has 0 saturated heterocycles. The lowest BCUT2D eigenvalue weighted by molar-refractivity contribution is 0.0434. The first-order valence-corrected chi connectivity index (χ1v) is 3.88. The van der Waals surface area contributed by atoms with Crippen LogP contribution in [0.2, 0.25) is 0 Å². The van der Waals surface area contributed by atoms with Crippen molar-refractivity contribution in [3.05, 3.63) is 12.7 Å². The van der Waals surface area contributed by atoms with E-state index in [1.807, 2.05) is 6.92 Å². The van der Waals surface area contributed by atoms with Crippen LogP contribution in [0.1, 0.15) is 6.92 Å². The first-order chi connectivity index (χ1) is 5.31. The van der Waals surface area contributed by atoms with Crippen LogP contribution in [0.5, 0.6) is 0 Å². The van der Waals surface area contributed by atoms with E-state index in [4.69, 9.17) is 4.74 Å².